The van der Waals surface area contributed by atoms with Gasteiger partial charge in [-0.2, -0.15) is 0 Å². The number of allylic oxidation sites excluding steroid dienone is 12. The van der Waals surface area contributed by atoms with Crippen molar-refractivity contribution in [3.63, 3.8) is 0 Å². The minimum Gasteiger partial charge on any atom is -0.0727 e. The summed E-state index contributed by atoms with van der Waals surface area (Å²) in [7, 11) is -1.74. The van der Waals surface area contributed by atoms with Crippen LogP contribution in [0.25, 0.3) is 0 Å². The van der Waals surface area contributed by atoms with Gasteiger partial charge in [-0.25, -0.2) is 0 Å². The first kappa shape index (κ1) is 24.8. The van der Waals surface area contributed by atoms with Gasteiger partial charge >= 0.3 is 0 Å². The Morgan fingerprint density at radius 2 is 0.636 bits per heavy atom. The van der Waals surface area contributed by atoms with E-state index in [1.165, 1.54) is 0 Å². The Morgan fingerprint density at radius 1 is 0.364 bits per heavy atom. The highest BCUT2D eigenvalue weighted by molar-refractivity contribution is 6.81. The predicted molar refractivity (Wildman–Crippen MR) is 149 cm³/mol. The second-order valence-electron chi connectivity index (χ2n) is 12.7. The number of fused-ring (bicyclic) bond motifs is 2. The molecule has 0 radical (unpaired) electrons. The minimum atomic E-state index is -1.74. The predicted octanol–water partition coefficient (Wildman–Crippen LogP) is 9.97. The van der Waals surface area contributed by atoms with Crippen molar-refractivity contribution in [2.45, 2.75) is 107 Å². The van der Waals surface area contributed by atoms with E-state index >= 15 is 0 Å². The van der Waals surface area contributed by atoms with Crippen LogP contribution in [-0.4, -0.2) is 8.07 Å². The van der Waals surface area contributed by atoms with Crippen molar-refractivity contribution >= 4 is 8.07 Å². The van der Waals surface area contributed by atoms with Gasteiger partial charge in [0.1, 0.15) is 0 Å². The van der Waals surface area contributed by atoms with Crippen molar-refractivity contribution in [3.8, 4) is 0 Å². The molecule has 0 fully saturated rings. The van der Waals surface area contributed by atoms with Crippen LogP contribution in [0.1, 0.15) is 83.1 Å². The second kappa shape index (κ2) is 7.84. The quantitative estimate of drug-likeness (QED) is 0.284. The van der Waals surface area contributed by atoms with E-state index in [2.05, 4.69) is 96.2 Å². The van der Waals surface area contributed by atoms with Gasteiger partial charge in [-0.15, -0.1) is 0 Å². The van der Waals surface area contributed by atoms with E-state index in [1.54, 1.807) is 66.9 Å². The minimum absolute atomic E-state index is 0.627. The van der Waals surface area contributed by atoms with E-state index in [1.807, 2.05) is 0 Å². The first-order chi connectivity index (χ1) is 15.2. The standard InChI is InChI=1S/C32H48Si/c1-15-17(3)21(7)29-27(19(15)5)23(9)25(11)31(29)33(13,14)32-26(12)24(10)28-20(6)16(2)18(4)22(8)30(28)32/h27-32H,1-14H3/t27?,28?,29?,30?,31-,32+. The molecule has 0 saturated carbocycles. The lowest BCUT2D eigenvalue weighted by Crippen LogP contribution is -2.46. The Hall–Kier alpha value is -1.34. The summed E-state index contributed by atoms with van der Waals surface area (Å²) in [4.78, 5) is 0. The summed E-state index contributed by atoms with van der Waals surface area (Å²) in [6.07, 6.45) is 0. The van der Waals surface area contributed by atoms with E-state index in [0.717, 1.165) is 11.1 Å². The summed E-state index contributed by atoms with van der Waals surface area (Å²) in [5.41, 5.74) is 21.1. The molecular formula is C32H48Si. The molecule has 0 aliphatic heterocycles. The topological polar surface area (TPSA) is 0 Å². The van der Waals surface area contributed by atoms with Gasteiger partial charge in [-0.1, -0.05) is 57.7 Å². The summed E-state index contributed by atoms with van der Waals surface area (Å²) >= 11 is 0. The van der Waals surface area contributed by atoms with Gasteiger partial charge < -0.3 is 0 Å². The van der Waals surface area contributed by atoms with Crippen molar-refractivity contribution in [3.05, 3.63) is 66.9 Å². The molecule has 0 aromatic rings. The maximum Gasteiger partial charge on any atom is 0.0635 e. The lowest BCUT2D eigenvalue weighted by atomic mass is 9.72. The van der Waals surface area contributed by atoms with Crippen molar-refractivity contribution in [2.24, 2.45) is 23.7 Å². The van der Waals surface area contributed by atoms with Crippen LogP contribution < -0.4 is 0 Å². The highest BCUT2D eigenvalue weighted by Crippen LogP contribution is 2.66. The van der Waals surface area contributed by atoms with Crippen LogP contribution in [0.4, 0.5) is 0 Å². The molecule has 0 aromatic carbocycles. The third-order valence-corrected chi connectivity index (χ3v) is 16.4. The van der Waals surface area contributed by atoms with Gasteiger partial charge in [-0.3, -0.25) is 0 Å². The maximum absolute atomic E-state index is 2.76. The van der Waals surface area contributed by atoms with E-state index in [9.17, 15) is 0 Å². The zero-order chi connectivity index (χ0) is 24.9. The van der Waals surface area contributed by atoms with Crippen molar-refractivity contribution < 1.29 is 0 Å². The second-order valence-corrected chi connectivity index (χ2v) is 17.6. The Bertz CT molecular complexity index is 1030. The van der Waals surface area contributed by atoms with Gasteiger partial charge in [0, 0.05) is 11.8 Å². The number of hydrogen-bond donors (Lipinski definition) is 0. The highest BCUT2D eigenvalue weighted by atomic mass is 28.3. The van der Waals surface area contributed by atoms with E-state index in [-0.39, 0.29) is 0 Å². The fourth-order valence-electron chi connectivity index (χ4n) is 9.02. The smallest absolute Gasteiger partial charge is 0.0635 e. The highest BCUT2D eigenvalue weighted by Gasteiger charge is 2.57. The van der Waals surface area contributed by atoms with Crippen LogP contribution in [-0.2, 0) is 0 Å². The van der Waals surface area contributed by atoms with Crippen LogP contribution in [0, 0.1) is 23.7 Å². The fourth-order valence-corrected chi connectivity index (χ4v) is 14.8. The van der Waals surface area contributed by atoms with E-state index in [0.29, 0.717) is 23.7 Å². The Morgan fingerprint density at radius 3 is 0.939 bits per heavy atom. The largest absolute Gasteiger partial charge is 0.0727 e. The molecule has 1 heteroatoms. The fraction of sp³-hybridized carbons (Fsp3) is 0.625. The number of hydrogen-bond acceptors (Lipinski definition) is 0. The van der Waals surface area contributed by atoms with Crippen molar-refractivity contribution in [2.75, 3.05) is 0 Å². The molecule has 4 rings (SSSR count). The van der Waals surface area contributed by atoms with Crippen LogP contribution in [0.3, 0.4) is 0 Å². The van der Waals surface area contributed by atoms with Crippen molar-refractivity contribution in [1.82, 2.24) is 0 Å². The molecule has 0 amide bonds. The normalized spacial score (nSPS) is 35.5. The summed E-state index contributed by atoms with van der Waals surface area (Å²) in [5.74, 6) is 2.60. The molecule has 33 heavy (non-hydrogen) atoms. The Kier molecular flexibility index (Phi) is 5.88. The lowest BCUT2D eigenvalue weighted by Gasteiger charge is -2.48. The summed E-state index contributed by atoms with van der Waals surface area (Å²) < 4.78 is 0. The molecule has 0 saturated heterocycles. The molecule has 180 valence electrons. The van der Waals surface area contributed by atoms with Crippen molar-refractivity contribution in [1.29, 1.82) is 0 Å². The molecule has 4 unspecified atom stereocenters. The van der Waals surface area contributed by atoms with Gasteiger partial charge in [0.25, 0.3) is 0 Å². The first-order valence-corrected chi connectivity index (χ1v) is 16.4. The summed E-state index contributed by atoms with van der Waals surface area (Å²) in [5, 5.41) is 0. The van der Waals surface area contributed by atoms with Gasteiger partial charge in [0.15, 0.2) is 0 Å². The number of rotatable bonds is 2. The van der Waals surface area contributed by atoms with Crippen LogP contribution in [0.2, 0.25) is 24.2 Å². The van der Waals surface area contributed by atoms with Crippen LogP contribution in [0.15, 0.2) is 66.9 Å². The molecule has 6 atom stereocenters. The molecule has 0 spiro atoms. The van der Waals surface area contributed by atoms with Gasteiger partial charge in [0.2, 0.25) is 0 Å². The maximum atomic E-state index is 2.76. The average molecular weight is 461 g/mol. The third-order valence-electron chi connectivity index (χ3n) is 11.6. The van der Waals surface area contributed by atoms with E-state index in [4.69, 9.17) is 0 Å². The van der Waals surface area contributed by atoms with Gasteiger partial charge in [0.05, 0.1) is 8.07 Å². The van der Waals surface area contributed by atoms with Crippen LogP contribution in [0.5, 0.6) is 0 Å². The molecule has 0 nitrogen and oxygen atoms in total. The average Bonchev–Trinajstić information content (AvgIpc) is 3.19. The summed E-state index contributed by atoms with van der Waals surface area (Å²) in [6.45, 7) is 34.7. The molecule has 4 aliphatic rings. The Labute approximate surface area is 205 Å². The molecule has 4 aliphatic carbocycles. The summed E-state index contributed by atoms with van der Waals surface area (Å²) in [6, 6.07) is 0. The monoisotopic (exact) mass is 460 g/mol. The molecule has 0 bridgehead atoms. The molecule has 0 heterocycles. The molecular weight excluding hydrogens is 412 g/mol. The zero-order valence-electron chi connectivity index (χ0n) is 24.0. The third kappa shape index (κ3) is 3.06. The molecule has 0 N–H and O–H groups in total. The molecule has 0 aromatic heterocycles. The van der Waals surface area contributed by atoms with Gasteiger partial charge in [-0.05, 0) is 128 Å². The van der Waals surface area contributed by atoms with E-state index < -0.39 is 8.07 Å². The zero-order valence-corrected chi connectivity index (χ0v) is 25.0. The first-order valence-electron chi connectivity index (χ1n) is 13.2. The SMILES string of the molecule is CC1=C(C)C2C(C)=C(C)[C@@H]([Si](C)(C)[C@H]3C(C)=C(C)C4C(C)=C(C)C(C)=C(C)C43)C2C(C)=C1C. The van der Waals surface area contributed by atoms with Crippen LogP contribution >= 0.6 is 0 Å². The lowest BCUT2D eigenvalue weighted by molar-refractivity contribution is 0.471. The Balaban J connectivity index is 1.89.